The van der Waals surface area contributed by atoms with Gasteiger partial charge in [0.05, 0.1) is 17.8 Å². The summed E-state index contributed by atoms with van der Waals surface area (Å²) in [6.07, 6.45) is 12.1. The van der Waals surface area contributed by atoms with E-state index in [0.717, 1.165) is 43.4 Å². The fourth-order valence-corrected chi connectivity index (χ4v) is 5.02. The third kappa shape index (κ3) is 16.5. The number of aliphatic hydroxyl groups excluding tert-OH is 1. The van der Waals surface area contributed by atoms with Gasteiger partial charge in [-0.3, -0.25) is 0 Å². The maximum absolute atomic E-state index is 12.1. The fourth-order valence-electron chi connectivity index (χ4n) is 4.63. The standard InChI is InChI=1S/C27H49FO3S.2C2H6/c1-19(12-8-16-27(6,30)17-9-13-21(3)31-28)10-7-11-20(2)14-15-24-18-25(29)22(4)23(5)26(24)32;2*1-2/h18-22,25,29-30,32H,7-17H2,1-6H3;2*1-2H3. The number of thiol groups is 1. The molecule has 0 amide bonds. The van der Waals surface area contributed by atoms with Crippen molar-refractivity contribution in [3.8, 4) is 0 Å². The molecule has 1 aliphatic carbocycles. The van der Waals surface area contributed by atoms with E-state index >= 15 is 0 Å². The molecule has 3 nitrogen and oxygen atoms in total. The van der Waals surface area contributed by atoms with Gasteiger partial charge in [0.15, 0.2) is 0 Å². The summed E-state index contributed by atoms with van der Waals surface area (Å²) in [4.78, 5) is 4.87. The van der Waals surface area contributed by atoms with Crippen molar-refractivity contribution in [3.63, 3.8) is 0 Å². The van der Waals surface area contributed by atoms with Gasteiger partial charge in [0.1, 0.15) is 0 Å². The van der Waals surface area contributed by atoms with Gasteiger partial charge in [-0.15, -0.1) is 12.6 Å². The van der Waals surface area contributed by atoms with Gasteiger partial charge in [-0.1, -0.05) is 92.2 Å². The van der Waals surface area contributed by atoms with E-state index in [4.69, 9.17) is 12.6 Å². The maximum Gasteiger partial charge on any atom is 0.0955 e. The monoisotopic (exact) mass is 532 g/mol. The van der Waals surface area contributed by atoms with Gasteiger partial charge >= 0.3 is 0 Å². The number of aliphatic hydroxyl groups is 2. The van der Waals surface area contributed by atoms with Gasteiger partial charge < -0.3 is 10.2 Å². The van der Waals surface area contributed by atoms with Gasteiger partial charge in [0.25, 0.3) is 0 Å². The van der Waals surface area contributed by atoms with Gasteiger partial charge in [-0.2, -0.15) is 4.94 Å². The lowest BCUT2D eigenvalue weighted by molar-refractivity contribution is -0.175. The van der Waals surface area contributed by atoms with Crippen LogP contribution in [0.2, 0.25) is 0 Å². The number of allylic oxidation sites excluding steroid dienone is 1. The zero-order valence-electron chi connectivity index (χ0n) is 25.4. The Kier molecular flexibility index (Phi) is 22.6. The second-order valence-electron chi connectivity index (χ2n) is 10.9. The molecule has 216 valence electrons. The highest BCUT2D eigenvalue weighted by Gasteiger charge is 2.23. The van der Waals surface area contributed by atoms with E-state index in [9.17, 15) is 14.7 Å². The molecule has 0 aromatic rings. The molecule has 0 fully saturated rings. The van der Waals surface area contributed by atoms with Crippen LogP contribution in [-0.4, -0.2) is 28.0 Å². The summed E-state index contributed by atoms with van der Waals surface area (Å²) in [6.45, 7) is 20.4. The van der Waals surface area contributed by atoms with Crippen LogP contribution < -0.4 is 0 Å². The van der Waals surface area contributed by atoms with E-state index in [-0.39, 0.29) is 18.1 Å². The van der Waals surface area contributed by atoms with E-state index in [2.05, 4.69) is 32.6 Å². The van der Waals surface area contributed by atoms with Gasteiger partial charge in [-0.05, 0) is 81.2 Å². The van der Waals surface area contributed by atoms with Crippen LogP contribution in [0.3, 0.4) is 0 Å². The topological polar surface area (TPSA) is 49.7 Å². The first-order valence-electron chi connectivity index (χ1n) is 14.8. The quantitative estimate of drug-likeness (QED) is 0.173. The summed E-state index contributed by atoms with van der Waals surface area (Å²) >= 11 is 4.70. The summed E-state index contributed by atoms with van der Waals surface area (Å²) in [6, 6.07) is 0. The highest BCUT2D eigenvalue weighted by molar-refractivity contribution is 7.84. The fraction of sp³-hybridized carbons (Fsp3) is 0.871. The van der Waals surface area contributed by atoms with Crippen LogP contribution in [0.1, 0.15) is 140 Å². The van der Waals surface area contributed by atoms with E-state index in [1.165, 1.54) is 30.4 Å². The summed E-state index contributed by atoms with van der Waals surface area (Å²) in [5, 5.41) is 20.8. The van der Waals surface area contributed by atoms with Crippen LogP contribution >= 0.6 is 12.6 Å². The Balaban J connectivity index is 0. The van der Waals surface area contributed by atoms with Crippen LogP contribution in [0.25, 0.3) is 0 Å². The molecule has 0 bridgehead atoms. The minimum Gasteiger partial charge on any atom is -0.390 e. The molecule has 0 aromatic heterocycles. The Labute approximate surface area is 229 Å². The van der Waals surface area contributed by atoms with Crippen LogP contribution in [0.4, 0.5) is 4.53 Å². The molecule has 5 heteroatoms. The van der Waals surface area contributed by atoms with Crippen LogP contribution in [0.5, 0.6) is 0 Å². The molecule has 6 atom stereocenters. The molecule has 1 rings (SSSR count). The second-order valence-corrected chi connectivity index (χ2v) is 11.3. The first kappa shape index (κ1) is 37.8. The van der Waals surface area contributed by atoms with Crippen molar-refractivity contribution in [2.75, 3.05) is 0 Å². The lowest BCUT2D eigenvalue weighted by Crippen LogP contribution is -2.24. The molecule has 0 aromatic carbocycles. The van der Waals surface area contributed by atoms with Crippen LogP contribution in [-0.2, 0) is 4.94 Å². The molecule has 6 unspecified atom stereocenters. The predicted molar refractivity (Wildman–Crippen MR) is 159 cm³/mol. The zero-order valence-corrected chi connectivity index (χ0v) is 26.3. The normalized spacial score (nSPS) is 21.8. The maximum atomic E-state index is 12.1. The van der Waals surface area contributed by atoms with Crippen molar-refractivity contribution >= 4 is 12.6 Å². The average Bonchev–Trinajstić information content (AvgIpc) is 2.86. The first-order chi connectivity index (χ1) is 17.0. The Morgan fingerprint density at radius 1 is 0.944 bits per heavy atom. The molecule has 36 heavy (non-hydrogen) atoms. The third-order valence-corrected chi connectivity index (χ3v) is 8.08. The van der Waals surface area contributed by atoms with E-state index in [1.807, 2.05) is 40.7 Å². The molecule has 0 heterocycles. The average molecular weight is 533 g/mol. The van der Waals surface area contributed by atoms with Gasteiger partial charge in [0, 0.05) is 10.8 Å². The van der Waals surface area contributed by atoms with Crippen LogP contribution in [0, 0.1) is 17.8 Å². The van der Waals surface area contributed by atoms with Crippen molar-refractivity contribution in [1.29, 1.82) is 0 Å². The molecule has 0 saturated heterocycles. The molecule has 0 saturated carbocycles. The summed E-state index contributed by atoms with van der Waals surface area (Å²) in [7, 11) is 0. The van der Waals surface area contributed by atoms with Gasteiger partial charge in [0.2, 0.25) is 0 Å². The number of halogens is 1. The smallest absolute Gasteiger partial charge is 0.0955 e. The SMILES string of the molecule is CC.CC.CC1=C(S)C(CCC(C)CCCC(C)CCCC(C)(O)CCCC(C)OF)=CC(O)C1C. The lowest BCUT2D eigenvalue weighted by Gasteiger charge is -2.27. The summed E-state index contributed by atoms with van der Waals surface area (Å²) in [5.41, 5.74) is 1.74. The Bertz CT molecular complexity index is 603. The lowest BCUT2D eigenvalue weighted by atomic mass is 9.85. The molecule has 0 radical (unpaired) electrons. The minimum atomic E-state index is -0.665. The molecule has 1 aliphatic rings. The largest absolute Gasteiger partial charge is 0.390 e. The predicted octanol–water partition coefficient (Wildman–Crippen LogP) is 9.78. The molecule has 0 aliphatic heterocycles. The summed E-state index contributed by atoms with van der Waals surface area (Å²) < 4.78 is 12.1. The number of hydrogen-bond donors (Lipinski definition) is 3. The summed E-state index contributed by atoms with van der Waals surface area (Å²) in [5.74, 6) is 1.50. The molecular formula is C31H61FO3S. The molecular weight excluding hydrogens is 471 g/mol. The first-order valence-corrected chi connectivity index (χ1v) is 15.2. The zero-order chi connectivity index (χ0) is 28.3. The highest BCUT2D eigenvalue weighted by Crippen LogP contribution is 2.35. The van der Waals surface area contributed by atoms with Crippen LogP contribution in [0.15, 0.2) is 22.1 Å². The van der Waals surface area contributed by atoms with Crippen molar-refractivity contribution in [3.05, 3.63) is 22.1 Å². The molecule has 2 N–H and O–H groups in total. The third-order valence-electron chi connectivity index (χ3n) is 7.44. The van der Waals surface area contributed by atoms with Crippen molar-refractivity contribution in [1.82, 2.24) is 0 Å². The van der Waals surface area contributed by atoms with Crippen molar-refractivity contribution < 1.29 is 19.7 Å². The minimum absolute atomic E-state index is 0.161. The van der Waals surface area contributed by atoms with E-state index < -0.39 is 5.60 Å². The van der Waals surface area contributed by atoms with Crippen molar-refractivity contribution in [2.24, 2.45) is 17.8 Å². The Hall–Kier alpha value is -0.360. The van der Waals surface area contributed by atoms with E-state index in [0.29, 0.717) is 24.7 Å². The Morgan fingerprint density at radius 2 is 1.42 bits per heavy atom. The van der Waals surface area contributed by atoms with E-state index in [1.54, 1.807) is 6.92 Å². The number of hydrogen-bond acceptors (Lipinski definition) is 4. The second kappa shape index (κ2) is 21.6. The highest BCUT2D eigenvalue weighted by atomic mass is 32.1. The number of rotatable bonds is 16. The molecule has 0 spiro atoms. The van der Waals surface area contributed by atoms with Gasteiger partial charge in [-0.25, -0.2) is 0 Å². The Morgan fingerprint density at radius 3 is 1.94 bits per heavy atom. The van der Waals surface area contributed by atoms with Crippen molar-refractivity contribution in [2.45, 2.75) is 158 Å².